The summed E-state index contributed by atoms with van der Waals surface area (Å²) in [4.78, 5) is 22.0. The zero-order chi connectivity index (χ0) is 16.2. The molecular weight excluding hydrogens is 366 g/mol. The number of halogens is 1. The van der Waals surface area contributed by atoms with Crippen LogP contribution in [-0.4, -0.2) is 50.0 Å². The lowest BCUT2D eigenvalue weighted by Crippen LogP contribution is -2.33. The van der Waals surface area contributed by atoms with E-state index >= 15 is 0 Å². The summed E-state index contributed by atoms with van der Waals surface area (Å²) in [6.45, 7) is 1.35. The zero-order valence-corrected chi connectivity index (χ0v) is 13.8. The SMILES string of the molecule is CCOC(=O)CN(C)S(=O)(=O)c1ccc(C(=O)O)cc1Br. The highest BCUT2D eigenvalue weighted by Crippen LogP contribution is 2.25. The summed E-state index contributed by atoms with van der Waals surface area (Å²) in [5, 5.41) is 8.85. The summed E-state index contributed by atoms with van der Waals surface area (Å²) in [5.41, 5.74) is -0.0473. The van der Waals surface area contributed by atoms with Crippen LogP contribution in [0.25, 0.3) is 0 Å². The smallest absolute Gasteiger partial charge is 0.335 e. The molecule has 7 nitrogen and oxygen atoms in total. The topological polar surface area (TPSA) is 101 Å². The van der Waals surface area contributed by atoms with Crippen LogP contribution < -0.4 is 0 Å². The minimum absolute atomic E-state index is 0.0473. The van der Waals surface area contributed by atoms with Crippen molar-refractivity contribution >= 4 is 37.9 Å². The molecule has 0 aliphatic carbocycles. The Hall–Kier alpha value is -1.45. The molecule has 21 heavy (non-hydrogen) atoms. The lowest BCUT2D eigenvalue weighted by molar-refractivity contribution is -0.143. The fourth-order valence-electron chi connectivity index (χ4n) is 1.48. The molecule has 0 aromatic heterocycles. The van der Waals surface area contributed by atoms with E-state index in [0.717, 1.165) is 4.31 Å². The average Bonchev–Trinajstić information content (AvgIpc) is 2.38. The van der Waals surface area contributed by atoms with Gasteiger partial charge in [0.25, 0.3) is 0 Å². The van der Waals surface area contributed by atoms with Gasteiger partial charge in [0.15, 0.2) is 0 Å². The third-order valence-corrected chi connectivity index (χ3v) is 5.30. The zero-order valence-electron chi connectivity index (χ0n) is 11.4. The van der Waals surface area contributed by atoms with Gasteiger partial charge in [0.2, 0.25) is 10.0 Å². The highest BCUT2D eigenvalue weighted by molar-refractivity contribution is 9.10. The lowest BCUT2D eigenvalue weighted by Gasteiger charge is -2.17. The number of esters is 1. The second-order valence-electron chi connectivity index (χ2n) is 4.02. The van der Waals surface area contributed by atoms with E-state index in [9.17, 15) is 18.0 Å². The van der Waals surface area contributed by atoms with Crippen molar-refractivity contribution in [3.05, 3.63) is 28.2 Å². The minimum atomic E-state index is -3.93. The van der Waals surface area contributed by atoms with Crippen molar-refractivity contribution in [2.24, 2.45) is 0 Å². The number of carboxylic acids is 1. The highest BCUT2D eigenvalue weighted by Gasteiger charge is 2.26. The number of ether oxygens (including phenoxy) is 1. The molecule has 1 rings (SSSR count). The van der Waals surface area contributed by atoms with Crippen LogP contribution in [0, 0.1) is 0 Å². The number of rotatable bonds is 6. The summed E-state index contributed by atoms with van der Waals surface area (Å²) in [6, 6.07) is 3.54. The molecule has 0 radical (unpaired) electrons. The van der Waals surface area contributed by atoms with Crippen molar-refractivity contribution in [3.63, 3.8) is 0 Å². The van der Waals surface area contributed by atoms with Crippen LogP contribution in [0.15, 0.2) is 27.6 Å². The Morgan fingerprint density at radius 3 is 2.48 bits per heavy atom. The van der Waals surface area contributed by atoms with E-state index in [0.29, 0.717) is 0 Å². The monoisotopic (exact) mass is 379 g/mol. The Balaban J connectivity index is 3.07. The molecule has 0 saturated heterocycles. The number of benzene rings is 1. The molecule has 9 heteroatoms. The quantitative estimate of drug-likeness (QED) is 0.748. The van der Waals surface area contributed by atoms with Gasteiger partial charge in [0.1, 0.15) is 6.54 Å². The predicted molar refractivity (Wildman–Crippen MR) is 77.6 cm³/mol. The number of hydrogen-bond donors (Lipinski definition) is 1. The number of sulfonamides is 1. The van der Waals surface area contributed by atoms with Crippen LogP contribution >= 0.6 is 15.9 Å². The Bertz CT molecular complexity index is 658. The molecule has 116 valence electrons. The van der Waals surface area contributed by atoms with Gasteiger partial charge in [-0.1, -0.05) is 0 Å². The van der Waals surface area contributed by atoms with Crippen molar-refractivity contribution in [2.45, 2.75) is 11.8 Å². The van der Waals surface area contributed by atoms with Crippen molar-refractivity contribution in [3.8, 4) is 0 Å². The molecule has 0 unspecified atom stereocenters. The fourth-order valence-corrected chi connectivity index (χ4v) is 3.63. The maximum absolute atomic E-state index is 12.3. The predicted octanol–water partition coefficient (Wildman–Crippen LogP) is 1.33. The molecule has 0 aliphatic rings. The van der Waals surface area contributed by atoms with Gasteiger partial charge in [0.05, 0.1) is 17.1 Å². The summed E-state index contributed by atoms with van der Waals surface area (Å²) >= 11 is 3.03. The number of carbonyl (C=O) groups excluding carboxylic acids is 1. The summed E-state index contributed by atoms with van der Waals surface area (Å²) in [7, 11) is -2.69. The first kappa shape index (κ1) is 17.6. The van der Waals surface area contributed by atoms with Gasteiger partial charge in [-0.25, -0.2) is 13.2 Å². The molecule has 0 spiro atoms. The molecule has 0 heterocycles. The first-order chi connectivity index (χ1) is 9.70. The van der Waals surface area contributed by atoms with E-state index in [1.807, 2.05) is 0 Å². The van der Waals surface area contributed by atoms with Crippen molar-refractivity contribution < 1.29 is 27.9 Å². The summed E-state index contributed by atoms with van der Waals surface area (Å²) in [6.07, 6.45) is 0. The molecule has 1 N–H and O–H groups in total. The van der Waals surface area contributed by atoms with Crippen molar-refractivity contribution in [2.75, 3.05) is 20.2 Å². The van der Waals surface area contributed by atoms with Gasteiger partial charge < -0.3 is 9.84 Å². The van der Waals surface area contributed by atoms with Crippen LogP contribution in [0.5, 0.6) is 0 Å². The van der Waals surface area contributed by atoms with Gasteiger partial charge >= 0.3 is 11.9 Å². The molecule has 1 aromatic carbocycles. The summed E-state index contributed by atoms with van der Waals surface area (Å²) < 4.78 is 30.3. The molecule has 0 atom stereocenters. The second kappa shape index (κ2) is 7.01. The number of carbonyl (C=O) groups is 2. The van der Waals surface area contributed by atoms with Crippen LogP contribution in [0.4, 0.5) is 0 Å². The number of aromatic carboxylic acids is 1. The van der Waals surface area contributed by atoms with E-state index in [-0.39, 0.29) is 21.5 Å². The molecule has 0 fully saturated rings. The van der Waals surface area contributed by atoms with Gasteiger partial charge in [-0.15, -0.1) is 0 Å². The van der Waals surface area contributed by atoms with Crippen LogP contribution in [0.3, 0.4) is 0 Å². The minimum Gasteiger partial charge on any atom is -0.478 e. The number of likely N-dealkylation sites (N-methyl/N-ethyl adjacent to an activating group) is 1. The largest absolute Gasteiger partial charge is 0.478 e. The average molecular weight is 380 g/mol. The normalized spacial score (nSPS) is 11.4. The lowest BCUT2D eigenvalue weighted by atomic mass is 10.2. The van der Waals surface area contributed by atoms with E-state index in [2.05, 4.69) is 20.7 Å². The van der Waals surface area contributed by atoms with Gasteiger partial charge in [-0.2, -0.15) is 4.31 Å². The van der Waals surface area contributed by atoms with E-state index < -0.39 is 28.5 Å². The van der Waals surface area contributed by atoms with E-state index in [4.69, 9.17) is 5.11 Å². The second-order valence-corrected chi connectivity index (χ2v) is 6.88. The van der Waals surface area contributed by atoms with Crippen molar-refractivity contribution in [1.29, 1.82) is 0 Å². The third kappa shape index (κ3) is 4.26. The van der Waals surface area contributed by atoms with E-state index in [1.165, 1.54) is 25.2 Å². The molecular formula is C12H14BrNO6S. The van der Waals surface area contributed by atoms with E-state index in [1.54, 1.807) is 6.92 Å². The third-order valence-electron chi connectivity index (χ3n) is 2.52. The number of nitrogens with zero attached hydrogens (tertiary/aromatic N) is 1. The number of hydrogen-bond acceptors (Lipinski definition) is 5. The first-order valence-electron chi connectivity index (χ1n) is 5.85. The molecule has 0 saturated carbocycles. The fraction of sp³-hybridized carbons (Fsp3) is 0.333. The Morgan fingerprint density at radius 2 is 2.00 bits per heavy atom. The number of carboxylic acid groups (broad SMARTS) is 1. The van der Waals surface area contributed by atoms with Crippen molar-refractivity contribution in [1.82, 2.24) is 4.31 Å². The molecule has 1 aromatic rings. The first-order valence-corrected chi connectivity index (χ1v) is 8.08. The Labute approximate surface area is 130 Å². The van der Waals surface area contributed by atoms with Gasteiger partial charge in [-0.3, -0.25) is 4.79 Å². The highest BCUT2D eigenvalue weighted by atomic mass is 79.9. The maximum Gasteiger partial charge on any atom is 0.335 e. The maximum atomic E-state index is 12.3. The molecule has 0 aliphatic heterocycles. The Morgan fingerprint density at radius 1 is 1.38 bits per heavy atom. The van der Waals surface area contributed by atoms with Crippen LogP contribution in [-0.2, 0) is 19.6 Å². The molecule has 0 bridgehead atoms. The standard InChI is InChI=1S/C12H14BrNO6S/c1-3-20-11(15)7-14(2)21(18,19)10-5-4-8(12(16)17)6-9(10)13/h4-6H,3,7H2,1-2H3,(H,16,17). The summed E-state index contributed by atoms with van der Waals surface area (Å²) in [5.74, 6) is -1.83. The van der Waals surface area contributed by atoms with Crippen LogP contribution in [0.2, 0.25) is 0 Å². The Kier molecular flexibility index (Phi) is 5.87. The van der Waals surface area contributed by atoms with Gasteiger partial charge in [-0.05, 0) is 41.1 Å². The van der Waals surface area contributed by atoms with Gasteiger partial charge in [0, 0.05) is 11.5 Å². The molecule has 0 amide bonds. The van der Waals surface area contributed by atoms with Crippen LogP contribution in [0.1, 0.15) is 17.3 Å².